The number of aromatic nitrogens is 3. The first-order chi connectivity index (χ1) is 14.9. The van der Waals surface area contributed by atoms with Crippen LogP contribution in [-0.2, 0) is 11.2 Å². The van der Waals surface area contributed by atoms with Crippen molar-refractivity contribution in [3.63, 3.8) is 0 Å². The number of carbonyl (C=O) groups excluding carboxylic acids is 1. The monoisotopic (exact) mass is 429 g/mol. The lowest BCUT2D eigenvalue weighted by molar-refractivity contribution is 0.0846. The molecule has 31 heavy (non-hydrogen) atoms. The molecule has 0 atom stereocenters. The maximum atomic E-state index is 13.0. The highest BCUT2D eigenvalue weighted by Crippen LogP contribution is 2.29. The molecule has 164 valence electrons. The second kappa shape index (κ2) is 9.09. The zero-order valence-corrected chi connectivity index (χ0v) is 17.6. The van der Waals surface area contributed by atoms with Crippen molar-refractivity contribution in [1.82, 2.24) is 14.4 Å². The molecule has 6 nitrogen and oxygen atoms in total. The Morgan fingerprint density at radius 1 is 1.23 bits per heavy atom. The van der Waals surface area contributed by atoms with Gasteiger partial charge in [0.15, 0.2) is 5.78 Å². The van der Waals surface area contributed by atoms with Gasteiger partial charge in [0.2, 0.25) is 0 Å². The van der Waals surface area contributed by atoms with E-state index >= 15 is 0 Å². The molecular formula is C23H25F2N3O3. The fourth-order valence-corrected chi connectivity index (χ4v) is 3.76. The van der Waals surface area contributed by atoms with E-state index in [1.54, 1.807) is 0 Å². The molecule has 0 spiro atoms. The first-order valence-electron chi connectivity index (χ1n) is 10.4. The molecular weight excluding hydrogens is 404 g/mol. The summed E-state index contributed by atoms with van der Waals surface area (Å²) in [4.78, 5) is 21.4. The zero-order chi connectivity index (χ0) is 22.0. The highest BCUT2D eigenvalue weighted by Gasteiger charge is 2.21. The lowest BCUT2D eigenvalue weighted by atomic mass is 9.97. The SMILES string of the molecule is CC(C)Oc1cc2nc(C3CCOCC3)cn2cc1CC(=O)c1cccc(C(F)F)n1. The molecule has 0 aromatic carbocycles. The number of fused-ring (bicyclic) bond motifs is 1. The van der Waals surface area contributed by atoms with Gasteiger partial charge in [-0.05, 0) is 38.8 Å². The Kier molecular flexibility index (Phi) is 6.27. The summed E-state index contributed by atoms with van der Waals surface area (Å²) >= 11 is 0. The standard InChI is InChI=1S/C23H25F2N3O3/c1-14(2)31-21-11-22-27-19(15-6-8-30-9-7-15)13-28(22)12-16(21)10-20(29)17-4-3-5-18(26-17)23(24)25/h3-5,11-15,23H,6-10H2,1-2H3. The van der Waals surface area contributed by atoms with Crippen LogP contribution in [0.25, 0.3) is 5.65 Å². The van der Waals surface area contributed by atoms with Gasteiger partial charge in [-0.15, -0.1) is 0 Å². The predicted octanol–water partition coefficient (Wildman–Crippen LogP) is 4.77. The summed E-state index contributed by atoms with van der Waals surface area (Å²) in [6, 6.07) is 5.92. The van der Waals surface area contributed by atoms with E-state index in [0.29, 0.717) is 17.2 Å². The van der Waals surface area contributed by atoms with E-state index in [4.69, 9.17) is 14.5 Å². The molecule has 0 saturated carbocycles. The third-order valence-electron chi connectivity index (χ3n) is 5.28. The van der Waals surface area contributed by atoms with Crippen molar-refractivity contribution in [2.24, 2.45) is 0 Å². The summed E-state index contributed by atoms with van der Waals surface area (Å²) in [6.07, 6.45) is 2.84. The van der Waals surface area contributed by atoms with E-state index < -0.39 is 12.1 Å². The number of Topliss-reactive ketones (excluding diaryl/α,β-unsaturated/α-hetero) is 1. The van der Waals surface area contributed by atoms with Gasteiger partial charge in [0, 0.05) is 49.6 Å². The first kappa shape index (κ1) is 21.4. The Bertz CT molecular complexity index is 1080. The van der Waals surface area contributed by atoms with E-state index in [9.17, 15) is 13.6 Å². The summed E-state index contributed by atoms with van der Waals surface area (Å²) in [5, 5.41) is 0. The number of carbonyl (C=O) groups is 1. The van der Waals surface area contributed by atoms with Crippen LogP contribution >= 0.6 is 0 Å². The van der Waals surface area contributed by atoms with Crippen LogP contribution < -0.4 is 4.74 Å². The number of ether oxygens (including phenoxy) is 2. The third kappa shape index (κ3) is 4.90. The smallest absolute Gasteiger partial charge is 0.280 e. The van der Waals surface area contributed by atoms with Crippen LogP contribution in [0.1, 0.15) is 66.5 Å². The molecule has 0 amide bonds. The lowest BCUT2D eigenvalue weighted by Gasteiger charge is -2.19. The highest BCUT2D eigenvalue weighted by molar-refractivity contribution is 5.96. The van der Waals surface area contributed by atoms with Crippen molar-refractivity contribution in [2.45, 2.75) is 51.6 Å². The Hall–Kier alpha value is -2.87. The van der Waals surface area contributed by atoms with Gasteiger partial charge in [-0.1, -0.05) is 6.07 Å². The second-order valence-corrected chi connectivity index (χ2v) is 8.00. The largest absolute Gasteiger partial charge is 0.491 e. The molecule has 1 saturated heterocycles. The number of rotatable bonds is 7. The number of halogens is 2. The molecule has 8 heteroatoms. The number of imidazole rings is 1. The average Bonchev–Trinajstić information content (AvgIpc) is 3.17. The molecule has 3 aromatic heterocycles. The Morgan fingerprint density at radius 2 is 2.00 bits per heavy atom. The van der Waals surface area contributed by atoms with Gasteiger partial charge < -0.3 is 13.9 Å². The fourth-order valence-electron chi connectivity index (χ4n) is 3.76. The molecule has 1 aliphatic rings. The van der Waals surface area contributed by atoms with Gasteiger partial charge in [-0.2, -0.15) is 0 Å². The molecule has 0 aliphatic carbocycles. The van der Waals surface area contributed by atoms with Crippen LogP contribution in [-0.4, -0.2) is 39.5 Å². The van der Waals surface area contributed by atoms with Crippen LogP contribution in [0.3, 0.4) is 0 Å². The molecule has 0 unspecified atom stereocenters. The summed E-state index contributed by atoms with van der Waals surface area (Å²) in [6.45, 7) is 5.26. The van der Waals surface area contributed by atoms with Crippen LogP contribution in [0.15, 0.2) is 36.7 Å². The number of alkyl halides is 2. The minimum absolute atomic E-state index is 0.0114. The lowest BCUT2D eigenvalue weighted by Crippen LogP contribution is -2.14. The average molecular weight is 429 g/mol. The van der Waals surface area contributed by atoms with Crippen molar-refractivity contribution < 1.29 is 23.0 Å². The summed E-state index contributed by atoms with van der Waals surface area (Å²) in [5.74, 6) is 0.555. The molecule has 0 bridgehead atoms. The predicted molar refractivity (Wildman–Crippen MR) is 111 cm³/mol. The number of ketones is 1. The maximum absolute atomic E-state index is 13.0. The topological polar surface area (TPSA) is 65.7 Å². The third-order valence-corrected chi connectivity index (χ3v) is 5.28. The van der Waals surface area contributed by atoms with Crippen LogP contribution in [0.5, 0.6) is 5.75 Å². The first-order valence-corrected chi connectivity index (χ1v) is 10.4. The number of hydrogen-bond donors (Lipinski definition) is 0. The molecule has 0 radical (unpaired) electrons. The van der Waals surface area contributed by atoms with Crippen LogP contribution in [0.4, 0.5) is 8.78 Å². The van der Waals surface area contributed by atoms with Gasteiger partial charge in [-0.3, -0.25) is 4.79 Å². The van der Waals surface area contributed by atoms with E-state index in [-0.39, 0.29) is 24.0 Å². The summed E-state index contributed by atoms with van der Waals surface area (Å²) in [7, 11) is 0. The molecule has 1 aliphatic heterocycles. The molecule has 1 fully saturated rings. The van der Waals surface area contributed by atoms with Crippen molar-refractivity contribution in [1.29, 1.82) is 0 Å². The molecule has 3 aromatic rings. The summed E-state index contributed by atoms with van der Waals surface area (Å²) in [5.41, 5.74) is 2.00. The normalized spacial score (nSPS) is 15.2. The van der Waals surface area contributed by atoms with Crippen LogP contribution in [0, 0.1) is 0 Å². The summed E-state index contributed by atoms with van der Waals surface area (Å²) < 4.78 is 39.2. The maximum Gasteiger partial charge on any atom is 0.280 e. The Labute approximate surface area is 179 Å². The van der Waals surface area contributed by atoms with Crippen molar-refractivity contribution in [2.75, 3.05) is 13.2 Å². The van der Waals surface area contributed by atoms with Gasteiger partial charge in [0.1, 0.15) is 22.8 Å². The van der Waals surface area contributed by atoms with Crippen molar-refractivity contribution in [3.05, 3.63) is 59.3 Å². The number of hydrogen-bond acceptors (Lipinski definition) is 5. The van der Waals surface area contributed by atoms with E-state index in [1.807, 2.05) is 36.7 Å². The highest BCUT2D eigenvalue weighted by atomic mass is 19.3. The van der Waals surface area contributed by atoms with E-state index in [1.165, 1.54) is 18.2 Å². The zero-order valence-electron chi connectivity index (χ0n) is 17.6. The van der Waals surface area contributed by atoms with Gasteiger partial charge in [0.05, 0.1) is 11.8 Å². The minimum Gasteiger partial charge on any atom is -0.491 e. The van der Waals surface area contributed by atoms with Crippen LogP contribution in [0.2, 0.25) is 0 Å². The van der Waals surface area contributed by atoms with Crippen molar-refractivity contribution >= 4 is 11.4 Å². The van der Waals surface area contributed by atoms with E-state index in [0.717, 1.165) is 37.4 Å². The molecule has 0 N–H and O–H groups in total. The van der Waals surface area contributed by atoms with Gasteiger partial charge in [-0.25, -0.2) is 18.7 Å². The molecule has 4 heterocycles. The fraction of sp³-hybridized carbons (Fsp3) is 0.435. The quantitative estimate of drug-likeness (QED) is 0.506. The number of nitrogens with zero attached hydrogens (tertiary/aromatic N) is 3. The minimum atomic E-state index is -2.72. The second-order valence-electron chi connectivity index (χ2n) is 8.00. The van der Waals surface area contributed by atoms with Gasteiger partial charge in [0.25, 0.3) is 6.43 Å². The number of pyridine rings is 2. The van der Waals surface area contributed by atoms with Crippen molar-refractivity contribution in [3.8, 4) is 5.75 Å². The van der Waals surface area contributed by atoms with E-state index in [2.05, 4.69) is 4.98 Å². The Morgan fingerprint density at radius 3 is 2.71 bits per heavy atom. The molecule has 4 rings (SSSR count). The Balaban J connectivity index is 1.66. The van der Waals surface area contributed by atoms with Gasteiger partial charge >= 0.3 is 0 Å².